The molecule has 0 radical (unpaired) electrons. The van der Waals surface area contributed by atoms with Crippen molar-refractivity contribution < 1.29 is 4.79 Å². The summed E-state index contributed by atoms with van der Waals surface area (Å²) in [7, 11) is 0. The third kappa shape index (κ3) is 1.69. The molecule has 1 aromatic rings. The first-order valence-corrected chi connectivity index (χ1v) is 4.18. The maximum atomic E-state index is 11.0. The minimum Gasteiger partial charge on any atom is -0.295 e. The average Bonchev–Trinajstić information content (AvgIpc) is 1.94. The Kier molecular flexibility index (Phi) is 2.45. The first kappa shape index (κ1) is 8.47. The van der Waals surface area contributed by atoms with E-state index in [4.69, 9.17) is 0 Å². The fourth-order valence-electron chi connectivity index (χ4n) is 0.989. The van der Waals surface area contributed by atoms with Crippen LogP contribution in [0.15, 0.2) is 22.7 Å². The highest BCUT2D eigenvalue weighted by atomic mass is 79.9. The van der Waals surface area contributed by atoms with Gasteiger partial charge in [-0.2, -0.15) is 0 Å². The summed E-state index contributed by atoms with van der Waals surface area (Å²) in [4.78, 5) is 11.0. The smallest absolute Gasteiger partial charge is 0.160 e. The molecule has 0 aromatic heterocycles. The minimum atomic E-state index is 0.115. The fourth-order valence-corrected chi connectivity index (χ4v) is 1.36. The van der Waals surface area contributed by atoms with Crippen LogP contribution < -0.4 is 0 Å². The molecule has 0 spiro atoms. The molecule has 1 nitrogen and oxygen atoms in total. The summed E-state index contributed by atoms with van der Waals surface area (Å²) in [5, 5.41) is 0. The monoisotopic (exact) mass is 212 g/mol. The van der Waals surface area contributed by atoms with Crippen molar-refractivity contribution in [3.8, 4) is 0 Å². The van der Waals surface area contributed by atoms with E-state index in [0.29, 0.717) is 0 Å². The molecule has 2 heteroatoms. The van der Waals surface area contributed by atoms with Gasteiger partial charge in [-0.3, -0.25) is 4.79 Å². The van der Waals surface area contributed by atoms with Crippen molar-refractivity contribution >= 4 is 21.7 Å². The van der Waals surface area contributed by atoms with E-state index in [1.165, 1.54) is 0 Å². The van der Waals surface area contributed by atoms with Crippen molar-refractivity contribution in [3.63, 3.8) is 0 Å². The zero-order chi connectivity index (χ0) is 8.43. The van der Waals surface area contributed by atoms with Crippen LogP contribution in [0.5, 0.6) is 0 Å². The molecule has 1 rings (SSSR count). The van der Waals surface area contributed by atoms with Gasteiger partial charge in [-0.15, -0.1) is 0 Å². The van der Waals surface area contributed by atoms with Crippen molar-refractivity contribution in [2.45, 2.75) is 13.8 Å². The van der Waals surface area contributed by atoms with Crippen molar-refractivity contribution in [2.24, 2.45) is 0 Å². The second-order valence-corrected chi connectivity index (χ2v) is 3.32. The van der Waals surface area contributed by atoms with Gasteiger partial charge in [0, 0.05) is 10.0 Å². The van der Waals surface area contributed by atoms with Crippen molar-refractivity contribution in [3.05, 3.63) is 33.8 Å². The molecular weight excluding hydrogens is 204 g/mol. The Labute approximate surface area is 74.6 Å². The lowest BCUT2D eigenvalue weighted by Gasteiger charge is -2.02. The zero-order valence-corrected chi connectivity index (χ0v) is 8.10. The van der Waals surface area contributed by atoms with Gasteiger partial charge in [0.1, 0.15) is 0 Å². The van der Waals surface area contributed by atoms with E-state index in [9.17, 15) is 4.79 Å². The van der Waals surface area contributed by atoms with Crippen molar-refractivity contribution in [2.75, 3.05) is 0 Å². The van der Waals surface area contributed by atoms with Crippen LogP contribution >= 0.6 is 15.9 Å². The lowest BCUT2D eigenvalue weighted by atomic mass is 10.1. The predicted molar refractivity (Wildman–Crippen MR) is 48.9 cm³/mol. The quantitative estimate of drug-likeness (QED) is 0.655. The molecule has 0 aliphatic carbocycles. The van der Waals surface area contributed by atoms with Crippen molar-refractivity contribution in [1.29, 1.82) is 0 Å². The molecule has 0 amide bonds. The highest BCUT2D eigenvalue weighted by Crippen LogP contribution is 2.19. The third-order valence-electron chi connectivity index (χ3n) is 1.65. The first-order chi connectivity index (χ1) is 5.13. The number of ketones is 1. The number of carbonyl (C=O) groups excluding carboxylic acids is 1. The van der Waals surface area contributed by atoms with Crippen LogP contribution in [-0.2, 0) is 0 Å². The summed E-state index contributed by atoms with van der Waals surface area (Å²) >= 11 is 3.36. The van der Waals surface area contributed by atoms with E-state index >= 15 is 0 Å². The highest BCUT2D eigenvalue weighted by molar-refractivity contribution is 9.10. The Hall–Kier alpha value is -0.630. The normalized spacial score (nSPS) is 9.73. The molecule has 0 N–H and O–H groups in total. The summed E-state index contributed by atoms with van der Waals surface area (Å²) < 4.78 is 0.991. The number of benzene rings is 1. The van der Waals surface area contributed by atoms with Gasteiger partial charge in [-0.1, -0.05) is 28.1 Å². The molecule has 0 aliphatic heterocycles. The van der Waals surface area contributed by atoms with E-state index in [1.807, 2.05) is 25.1 Å². The van der Waals surface area contributed by atoms with Gasteiger partial charge in [-0.05, 0) is 25.5 Å². The molecule has 0 atom stereocenters. The maximum Gasteiger partial charge on any atom is 0.160 e. The molecule has 58 valence electrons. The molecule has 11 heavy (non-hydrogen) atoms. The SMILES string of the molecule is CC(=O)c1cccc(Br)c1C. The molecule has 0 heterocycles. The largest absolute Gasteiger partial charge is 0.295 e. The lowest BCUT2D eigenvalue weighted by molar-refractivity contribution is 0.101. The molecule has 0 aliphatic rings. The second kappa shape index (κ2) is 3.18. The van der Waals surface area contributed by atoms with Crippen LogP contribution in [0.1, 0.15) is 22.8 Å². The summed E-state index contributed by atoms with van der Waals surface area (Å²) in [5.41, 5.74) is 1.80. The van der Waals surface area contributed by atoms with Gasteiger partial charge in [0.25, 0.3) is 0 Å². The van der Waals surface area contributed by atoms with Crippen molar-refractivity contribution in [1.82, 2.24) is 0 Å². The topological polar surface area (TPSA) is 17.1 Å². The number of hydrogen-bond acceptors (Lipinski definition) is 1. The molecule has 0 saturated heterocycles. The summed E-state index contributed by atoms with van der Waals surface area (Å²) in [6.45, 7) is 3.51. The fraction of sp³-hybridized carbons (Fsp3) is 0.222. The summed E-state index contributed by atoms with van der Waals surface area (Å²) in [5.74, 6) is 0.115. The Morgan fingerprint density at radius 3 is 2.55 bits per heavy atom. The molecule has 0 fully saturated rings. The van der Waals surface area contributed by atoms with Crippen LogP contribution in [0.2, 0.25) is 0 Å². The van der Waals surface area contributed by atoms with Gasteiger partial charge in [0.15, 0.2) is 5.78 Å². The zero-order valence-electron chi connectivity index (χ0n) is 6.52. The third-order valence-corrected chi connectivity index (χ3v) is 2.51. The van der Waals surface area contributed by atoms with E-state index in [-0.39, 0.29) is 5.78 Å². The first-order valence-electron chi connectivity index (χ1n) is 3.39. The van der Waals surface area contributed by atoms with Gasteiger partial charge in [0.05, 0.1) is 0 Å². The molecule has 0 saturated carbocycles. The molecular formula is C9H9BrO. The average molecular weight is 213 g/mol. The van der Waals surface area contributed by atoms with Crippen LogP contribution in [0, 0.1) is 6.92 Å². The van der Waals surface area contributed by atoms with Gasteiger partial charge >= 0.3 is 0 Å². The van der Waals surface area contributed by atoms with Crippen LogP contribution in [0.3, 0.4) is 0 Å². The lowest BCUT2D eigenvalue weighted by Crippen LogP contribution is -1.95. The van der Waals surface area contributed by atoms with Gasteiger partial charge in [0.2, 0.25) is 0 Å². The standard InChI is InChI=1S/C9H9BrO/c1-6-8(7(2)11)4-3-5-9(6)10/h3-5H,1-2H3. The number of halogens is 1. The van der Waals surface area contributed by atoms with Gasteiger partial charge in [-0.25, -0.2) is 0 Å². The molecule has 0 bridgehead atoms. The Balaban J connectivity index is 3.27. The van der Waals surface area contributed by atoms with Crippen LogP contribution in [0.25, 0.3) is 0 Å². The number of rotatable bonds is 1. The highest BCUT2D eigenvalue weighted by Gasteiger charge is 2.04. The molecule has 1 aromatic carbocycles. The summed E-state index contributed by atoms with van der Waals surface area (Å²) in [6.07, 6.45) is 0. The van der Waals surface area contributed by atoms with E-state index in [1.54, 1.807) is 6.92 Å². The molecule has 0 unspecified atom stereocenters. The Morgan fingerprint density at radius 2 is 2.09 bits per heavy atom. The predicted octanol–water partition coefficient (Wildman–Crippen LogP) is 2.96. The number of hydrogen-bond donors (Lipinski definition) is 0. The Morgan fingerprint density at radius 1 is 1.45 bits per heavy atom. The maximum absolute atomic E-state index is 11.0. The van der Waals surface area contributed by atoms with E-state index in [0.717, 1.165) is 15.6 Å². The number of carbonyl (C=O) groups is 1. The second-order valence-electron chi connectivity index (χ2n) is 2.47. The van der Waals surface area contributed by atoms with E-state index in [2.05, 4.69) is 15.9 Å². The summed E-state index contributed by atoms with van der Waals surface area (Å²) in [6, 6.07) is 5.64. The van der Waals surface area contributed by atoms with E-state index < -0.39 is 0 Å². The Bertz CT molecular complexity index is 292. The van der Waals surface area contributed by atoms with Crippen LogP contribution in [0.4, 0.5) is 0 Å². The number of Topliss-reactive ketones (excluding diaryl/α,β-unsaturated/α-hetero) is 1. The van der Waals surface area contributed by atoms with Gasteiger partial charge < -0.3 is 0 Å². The van der Waals surface area contributed by atoms with Crippen LogP contribution in [-0.4, -0.2) is 5.78 Å². The minimum absolute atomic E-state index is 0.115.